The quantitative estimate of drug-likeness (QED) is 0.692. The fourth-order valence-corrected chi connectivity index (χ4v) is 7.05. The van der Waals surface area contributed by atoms with Gasteiger partial charge in [0.1, 0.15) is 0 Å². The molecule has 104 valence electrons. The van der Waals surface area contributed by atoms with Crippen molar-refractivity contribution in [3.8, 4) is 0 Å². The van der Waals surface area contributed by atoms with Crippen LogP contribution < -0.4 is 0 Å². The highest BCUT2D eigenvalue weighted by Gasteiger charge is 2.78. The molecule has 0 aromatic carbocycles. The molecule has 0 aromatic heterocycles. The van der Waals surface area contributed by atoms with E-state index in [9.17, 15) is 30.7 Å². The molecule has 0 saturated heterocycles. The summed E-state index contributed by atoms with van der Waals surface area (Å²) < 4.78 is 61.3. The maximum atomic E-state index is 12.1. The van der Waals surface area contributed by atoms with Crippen molar-refractivity contribution < 1.29 is 30.7 Å². The lowest BCUT2D eigenvalue weighted by atomic mass is 9.82. The van der Waals surface area contributed by atoms with E-state index in [1.165, 1.54) is 0 Å². The van der Waals surface area contributed by atoms with Gasteiger partial charge in [-0.15, -0.1) is 0 Å². The van der Waals surface area contributed by atoms with E-state index >= 15 is 0 Å². The van der Waals surface area contributed by atoms with Gasteiger partial charge in [0, 0.05) is 11.8 Å². The number of Topliss-reactive ketones (excluding diaryl/α,β-unsaturated/α-hetero) is 1. The van der Waals surface area contributed by atoms with Gasteiger partial charge in [0.05, 0.1) is 0 Å². The lowest BCUT2D eigenvalue weighted by Crippen LogP contribution is -2.56. The molecule has 0 radical (unpaired) electrons. The molecule has 0 amide bonds. The van der Waals surface area contributed by atoms with Gasteiger partial charge >= 0.3 is 0 Å². The Morgan fingerprint density at radius 1 is 1.06 bits per heavy atom. The van der Waals surface area contributed by atoms with Gasteiger partial charge in [0.2, 0.25) is 0 Å². The Hall–Kier alpha value is -0.510. The summed E-state index contributed by atoms with van der Waals surface area (Å²) in [5, 5.41) is 0. The minimum Gasteiger partial charge on any atom is -0.296 e. The molecular formula is C9H14O7S2. The molecular weight excluding hydrogens is 284 g/mol. The predicted molar refractivity (Wildman–Crippen MR) is 60.8 cm³/mol. The number of rotatable bonds is 2. The van der Waals surface area contributed by atoms with Crippen LogP contribution in [0, 0.1) is 17.3 Å². The lowest BCUT2D eigenvalue weighted by molar-refractivity contribution is -0.123. The molecule has 0 heterocycles. The number of carbonyl (C=O) groups excluding carboxylic acids is 1. The maximum absolute atomic E-state index is 12.1. The molecule has 0 spiro atoms. The van der Waals surface area contributed by atoms with Gasteiger partial charge in [-0.2, -0.15) is 16.8 Å². The second-order valence-electron chi connectivity index (χ2n) is 5.49. The molecule has 7 nitrogen and oxygen atoms in total. The van der Waals surface area contributed by atoms with E-state index in [1.807, 2.05) is 0 Å². The van der Waals surface area contributed by atoms with E-state index in [2.05, 4.69) is 0 Å². The molecule has 2 unspecified atom stereocenters. The van der Waals surface area contributed by atoms with E-state index in [-0.39, 0.29) is 6.42 Å². The minimum atomic E-state index is -5.26. The van der Waals surface area contributed by atoms with Crippen molar-refractivity contribution in [2.75, 3.05) is 0 Å². The second kappa shape index (κ2) is 3.33. The molecule has 9 heteroatoms. The van der Waals surface area contributed by atoms with Crippen LogP contribution in [0.4, 0.5) is 0 Å². The van der Waals surface area contributed by atoms with Gasteiger partial charge in [0.25, 0.3) is 24.3 Å². The molecule has 0 aliphatic heterocycles. The summed E-state index contributed by atoms with van der Waals surface area (Å²) in [5.41, 5.74) is -0.886. The third-order valence-corrected chi connectivity index (χ3v) is 8.19. The highest BCUT2D eigenvalue weighted by Crippen LogP contribution is 2.63. The zero-order valence-corrected chi connectivity index (χ0v) is 11.5. The Labute approximate surface area is 105 Å². The van der Waals surface area contributed by atoms with Gasteiger partial charge in [-0.25, -0.2) is 0 Å². The summed E-state index contributed by atoms with van der Waals surface area (Å²) in [7, 11) is -10.5. The summed E-state index contributed by atoms with van der Waals surface area (Å²) in [6, 6.07) is 0. The van der Waals surface area contributed by atoms with Gasteiger partial charge in [-0.1, -0.05) is 13.8 Å². The van der Waals surface area contributed by atoms with Crippen LogP contribution in [-0.4, -0.2) is 35.8 Å². The molecule has 2 saturated carbocycles. The van der Waals surface area contributed by atoms with Crippen LogP contribution in [-0.2, 0) is 25.0 Å². The first-order valence-electron chi connectivity index (χ1n) is 5.37. The van der Waals surface area contributed by atoms with Crippen molar-refractivity contribution in [1.29, 1.82) is 0 Å². The first-order valence-corrected chi connectivity index (χ1v) is 8.25. The SMILES string of the molecule is CC1(C)C2CCC1C(S(=O)(=O)O)(S(=O)(=O)O)C2=O. The van der Waals surface area contributed by atoms with Crippen molar-refractivity contribution in [3.05, 3.63) is 0 Å². The first kappa shape index (κ1) is 13.9. The Kier molecular flexibility index (Phi) is 2.57. The van der Waals surface area contributed by atoms with E-state index in [0.29, 0.717) is 6.42 Å². The van der Waals surface area contributed by atoms with Gasteiger partial charge < -0.3 is 0 Å². The molecule has 18 heavy (non-hydrogen) atoms. The molecule has 2 N–H and O–H groups in total. The van der Waals surface area contributed by atoms with Crippen molar-refractivity contribution in [1.82, 2.24) is 0 Å². The number of hydrogen-bond donors (Lipinski definition) is 2. The highest BCUT2D eigenvalue weighted by molar-refractivity contribution is 8.06. The van der Waals surface area contributed by atoms with Crippen LogP contribution in [0.5, 0.6) is 0 Å². The third-order valence-electron chi connectivity index (χ3n) is 4.43. The fraction of sp³-hybridized carbons (Fsp3) is 0.889. The monoisotopic (exact) mass is 298 g/mol. The summed E-state index contributed by atoms with van der Waals surface area (Å²) in [5.74, 6) is -3.03. The van der Waals surface area contributed by atoms with E-state index < -0.39 is 47.3 Å². The number of fused-ring (bicyclic) bond motifs is 2. The average molecular weight is 298 g/mol. The topological polar surface area (TPSA) is 126 Å². The molecule has 2 bridgehead atoms. The van der Waals surface area contributed by atoms with Crippen molar-refractivity contribution in [3.63, 3.8) is 0 Å². The van der Waals surface area contributed by atoms with Crippen LogP contribution in [0.15, 0.2) is 0 Å². The minimum absolute atomic E-state index is 0.156. The van der Waals surface area contributed by atoms with Crippen LogP contribution >= 0.6 is 0 Å². The van der Waals surface area contributed by atoms with Crippen LogP contribution in [0.2, 0.25) is 0 Å². The van der Waals surface area contributed by atoms with E-state index in [0.717, 1.165) is 0 Å². The summed E-state index contributed by atoms with van der Waals surface area (Å²) in [6.07, 6.45) is 0.520. The molecule has 0 aromatic rings. The average Bonchev–Trinajstić information content (AvgIpc) is 2.47. The standard InChI is InChI=1S/C9H14O7S2/c1-8(2)5-3-4-6(8)9(7(5)10,17(11,12)13)18(14,15)16/h5-6H,3-4H2,1-2H3,(H,11,12,13)(H,14,15,16). The van der Waals surface area contributed by atoms with Crippen LogP contribution in [0.1, 0.15) is 26.7 Å². The van der Waals surface area contributed by atoms with Crippen molar-refractivity contribution in [2.45, 2.75) is 30.8 Å². The number of ketones is 1. The van der Waals surface area contributed by atoms with Crippen LogP contribution in [0.3, 0.4) is 0 Å². The van der Waals surface area contributed by atoms with Crippen molar-refractivity contribution >= 4 is 26.0 Å². The zero-order chi connectivity index (χ0) is 14.1. The summed E-state index contributed by atoms with van der Waals surface area (Å²) in [6.45, 7) is 3.15. The molecule has 2 fully saturated rings. The Bertz CT molecular complexity index is 581. The fourth-order valence-electron chi connectivity index (χ4n) is 3.63. The van der Waals surface area contributed by atoms with Gasteiger partial charge in [-0.05, 0) is 18.3 Å². The largest absolute Gasteiger partial charge is 0.296 e. The molecule has 2 rings (SSSR count). The molecule has 2 atom stereocenters. The third kappa shape index (κ3) is 1.28. The maximum Gasteiger partial charge on any atom is 0.295 e. The molecule has 2 aliphatic rings. The highest BCUT2D eigenvalue weighted by atomic mass is 32.3. The Morgan fingerprint density at radius 3 is 1.72 bits per heavy atom. The lowest BCUT2D eigenvalue weighted by Gasteiger charge is -2.31. The number of carbonyl (C=O) groups is 1. The smallest absolute Gasteiger partial charge is 0.295 e. The Balaban J connectivity index is 2.86. The van der Waals surface area contributed by atoms with E-state index in [4.69, 9.17) is 0 Å². The van der Waals surface area contributed by atoms with Crippen LogP contribution in [0.25, 0.3) is 0 Å². The molecule has 2 aliphatic carbocycles. The number of hydrogen-bond acceptors (Lipinski definition) is 5. The Morgan fingerprint density at radius 2 is 1.50 bits per heavy atom. The predicted octanol–water partition coefficient (Wildman–Crippen LogP) is 0.0934. The van der Waals surface area contributed by atoms with Gasteiger partial charge in [-0.3, -0.25) is 13.9 Å². The van der Waals surface area contributed by atoms with E-state index in [1.54, 1.807) is 13.8 Å². The summed E-state index contributed by atoms with van der Waals surface area (Å²) >= 11 is 0. The first-order chi connectivity index (χ1) is 7.88. The van der Waals surface area contributed by atoms with Crippen molar-refractivity contribution in [2.24, 2.45) is 17.3 Å². The second-order valence-corrected chi connectivity index (χ2v) is 8.93. The van der Waals surface area contributed by atoms with Gasteiger partial charge in [0.15, 0.2) is 5.78 Å². The summed E-state index contributed by atoms with van der Waals surface area (Å²) in [4.78, 5) is 12.1. The normalized spacial score (nSPS) is 33.9. The zero-order valence-electron chi connectivity index (χ0n) is 9.82.